The normalized spacial score (nSPS) is 27.0. The molecule has 2 unspecified atom stereocenters. The summed E-state index contributed by atoms with van der Waals surface area (Å²) in [5, 5.41) is 5.44. The average Bonchev–Trinajstić information content (AvgIpc) is 2.18. The van der Waals surface area contributed by atoms with Gasteiger partial charge in [-0.15, -0.1) is 0 Å². The summed E-state index contributed by atoms with van der Waals surface area (Å²) >= 11 is 0. The van der Waals surface area contributed by atoms with Crippen molar-refractivity contribution in [1.29, 1.82) is 0 Å². The van der Waals surface area contributed by atoms with E-state index in [-0.39, 0.29) is 0 Å². The average molecular weight is 204 g/mol. The molecule has 2 atom stereocenters. The molecule has 0 aromatic carbocycles. The van der Waals surface area contributed by atoms with E-state index in [1.54, 1.807) is 0 Å². The number of amides is 1. The molecule has 0 spiro atoms. The number of carbonyl (C=O) groups excluding carboxylic acids is 1. The zero-order valence-corrected chi connectivity index (χ0v) is 8.38. The number of alkyl halides is 1. The number of rotatable bonds is 3. The van der Waals surface area contributed by atoms with Crippen LogP contribution in [0, 0.1) is 0 Å². The molecule has 0 bridgehead atoms. The van der Waals surface area contributed by atoms with E-state index in [2.05, 4.69) is 10.6 Å². The summed E-state index contributed by atoms with van der Waals surface area (Å²) in [6.45, 7) is 3.33. The lowest BCUT2D eigenvalue weighted by molar-refractivity contribution is 0.127. The number of carbonyl (C=O) groups is 1. The van der Waals surface area contributed by atoms with E-state index in [1.807, 2.05) is 6.92 Å². The second kappa shape index (κ2) is 5.80. The topological polar surface area (TPSA) is 50.4 Å². The van der Waals surface area contributed by atoms with Crippen LogP contribution in [0.25, 0.3) is 0 Å². The van der Waals surface area contributed by atoms with Crippen molar-refractivity contribution in [3.8, 4) is 0 Å². The van der Waals surface area contributed by atoms with E-state index in [9.17, 15) is 9.18 Å². The van der Waals surface area contributed by atoms with E-state index in [0.717, 1.165) is 13.0 Å². The highest BCUT2D eigenvalue weighted by Crippen LogP contribution is 2.07. The highest BCUT2D eigenvalue weighted by molar-refractivity contribution is 5.67. The third-order valence-corrected chi connectivity index (χ3v) is 2.15. The molecule has 0 aromatic rings. The SMILES string of the molecule is CCCOC(=O)NC1CCNCC1F. The third-order valence-electron chi connectivity index (χ3n) is 2.15. The molecule has 2 N–H and O–H groups in total. The first-order valence-corrected chi connectivity index (χ1v) is 5.02. The van der Waals surface area contributed by atoms with Gasteiger partial charge in [-0.3, -0.25) is 0 Å². The predicted octanol–water partition coefficient (Wildman–Crippen LogP) is 0.823. The van der Waals surface area contributed by atoms with E-state index in [0.29, 0.717) is 19.6 Å². The van der Waals surface area contributed by atoms with Crippen molar-refractivity contribution in [2.24, 2.45) is 0 Å². The second-order valence-corrected chi connectivity index (χ2v) is 3.40. The van der Waals surface area contributed by atoms with Gasteiger partial charge in [0, 0.05) is 6.54 Å². The maximum absolute atomic E-state index is 13.2. The van der Waals surface area contributed by atoms with Gasteiger partial charge in [0.15, 0.2) is 0 Å². The molecule has 1 saturated heterocycles. The van der Waals surface area contributed by atoms with Crippen molar-refractivity contribution in [1.82, 2.24) is 10.6 Å². The minimum absolute atomic E-state index is 0.304. The summed E-state index contributed by atoms with van der Waals surface area (Å²) in [5.41, 5.74) is 0. The van der Waals surface area contributed by atoms with Gasteiger partial charge in [0.05, 0.1) is 12.6 Å². The van der Waals surface area contributed by atoms with Gasteiger partial charge in [-0.2, -0.15) is 0 Å². The summed E-state index contributed by atoms with van der Waals surface area (Å²) < 4.78 is 18.0. The number of piperidine rings is 1. The zero-order valence-electron chi connectivity index (χ0n) is 8.38. The van der Waals surface area contributed by atoms with Crippen LogP contribution in [0.1, 0.15) is 19.8 Å². The summed E-state index contributed by atoms with van der Waals surface area (Å²) in [4.78, 5) is 11.1. The highest BCUT2D eigenvalue weighted by atomic mass is 19.1. The van der Waals surface area contributed by atoms with Crippen molar-refractivity contribution >= 4 is 6.09 Å². The molecule has 1 rings (SSSR count). The number of hydrogen-bond donors (Lipinski definition) is 2. The molecule has 0 aliphatic carbocycles. The Labute approximate surface area is 83.2 Å². The maximum atomic E-state index is 13.2. The van der Waals surface area contributed by atoms with Gasteiger partial charge in [0.2, 0.25) is 0 Å². The lowest BCUT2D eigenvalue weighted by Gasteiger charge is -2.26. The fourth-order valence-electron chi connectivity index (χ4n) is 1.37. The van der Waals surface area contributed by atoms with Crippen LogP contribution in [0.4, 0.5) is 9.18 Å². The Morgan fingerprint density at radius 3 is 3.14 bits per heavy atom. The van der Waals surface area contributed by atoms with E-state index < -0.39 is 18.3 Å². The fourth-order valence-corrected chi connectivity index (χ4v) is 1.37. The molecule has 1 aliphatic rings. The third kappa shape index (κ3) is 3.49. The molecule has 0 aromatic heterocycles. The Balaban J connectivity index is 2.23. The maximum Gasteiger partial charge on any atom is 0.407 e. The van der Waals surface area contributed by atoms with Gasteiger partial charge in [-0.05, 0) is 19.4 Å². The van der Waals surface area contributed by atoms with Crippen LogP contribution < -0.4 is 10.6 Å². The van der Waals surface area contributed by atoms with Crippen LogP contribution in [0.15, 0.2) is 0 Å². The number of alkyl carbamates (subject to hydrolysis) is 1. The van der Waals surface area contributed by atoms with Crippen molar-refractivity contribution < 1.29 is 13.9 Å². The van der Waals surface area contributed by atoms with Crippen molar-refractivity contribution in [2.45, 2.75) is 32.0 Å². The van der Waals surface area contributed by atoms with Crippen LogP contribution in [0.5, 0.6) is 0 Å². The lowest BCUT2D eigenvalue weighted by Crippen LogP contribution is -2.51. The monoisotopic (exact) mass is 204 g/mol. The number of ether oxygens (including phenoxy) is 1. The summed E-state index contributed by atoms with van der Waals surface area (Å²) in [7, 11) is 0. The molecule has 82 valence electrons. The molecular formula is C9H17FN2O2. The fraction of sp³-hybridized carbons (Fsp3) is 0.889. The van der Waals surface area contributed by atoms with Gasteiger partial charge in [0.25, 0.3) is 0 Å². The smallest absolute Gasteiger partial charge is 0.407 e. The largest absolute Gasteiger partial charge is 0.450 e. The quantitative estimate of drug-likeness (QED) is 0.715. The standard InChI is InChI=1S/C9H17FN2O2/c1-2-5-14-9(13)12-8-3-4-11-6-7(8)10/h7-8,11H,2-6H2,1H3,(H,12,13). The number of nitrogens with one attached hydrogen (secondary N) is 2. The van der Waals surface area contributed by atoms with Crippen molar-refractivity contribution in [3.63, 3.8) is 0 Å². The molecule has 4 nitrogen and oxygen atoms in total. The second-order valence-electron chi connectivity index (χ2n) is 3.40. The molecule has 1 fully saturated rings. The van der Waals surface area contributed by atoms with Crippen molar-refractivity contribution in [3.05, 3.63) is 0 Å². The number of halogens is 1. The number of hydrogen-bond acceptors (Lipinski definition) is 3. The van der Waals surface area contributed by atoms with Gasteiger partial charge < -0.3 is 15.4 Å². The lowest BCUT2D eigenvalue weighted by atomic mass is 10.1. The molecule has 1 heterocycles. The minimum atomic E-state index is -1.02. The van der Waals surface area contributed by atoms with Crippen LogP contribution in [-0.4, -0.2) is 38.0 Å². The first-order chi connectivity index (χ1) is 6.74. The Hall–Kier alpha value is -0.840. The van der Waals surface area contributed by atoms with Gasteiger partial charge in [0.1, 0.15) is 6.17 Å². The first kappa shape index (κ1) is 11.2. The Kier molecular flexibility index (Phi) is 4.65. The van der Waals surface area contributed by atoms with Gasteiger partial charge in [-0.1, -0.05) is 6.92 Å². The van der Waals surface area contributed by atoms with Gasteiger partial charge >= 0.3 is 6.09 Å². The summed E-state index contributed by atoms with van der Waals surface area (Å²) in [6, 6.07) is -0.402. The van der Waals surface area contributed by atoms with E-state index in [4.69, 9.17) is 4.74 Å². The first-order valence-electron chi connectivity index (χ1n) is 5.02. The Bertz CT molecular complexity index is 190. The summed E-state index contributed by atoms with van der Waals surface area (Å²) in [5.74, 6) is 0. The summed E-state index contributed by atoms with van der Waals surface area (Å²) in [6.07, 6.45) is -0.138. The Morgan fingerprint density at radius 1 is 1.71 bits per heavy atom. The zero-order chi connectivity index (χ0) is 10.4. The van der Waals surface area contributed by atoms with Crippen LogP contribution in [0.2, 0.25) is 0 Å². The molecule has 1 aliphatic heterocycles. The van der Waals surface area contributed by atoms with Crippen LogP contribution in [-0.2, 0) is 4.74 Å². The Morgan fingerprint density at radius 2 is 2.50 bits per heavy atom. The molecule has 14 heavy (non-hydrogen) atoms. The van der Waals surface area contributed by atoms with Crippen molar-refractivity contribution in [2.75, 3.05) is 19.7 Å². The predicted molar refractivity (Wildman–Crippen MR) is 50.9 cm³/mol. The minimum Gasteiger partial charge on any atom is -0.450 e. The van der Waals surface area contributed by atoms with E-state index >= 15 is 0 Å². The molecule has 5 heteroatoms. The molecule has 0 radical (unpaired) electrons. The van der Waals surface area contributed by atoms with Crippen LogP contribution >= 0.6 is 0 Å². The van der Waals surface area contributed by atoms with Gasteiger partial charge in [-0.25, -0.2) is 9.18 Å². The molecule has 1 amide bonds. The molecular weight excluding hydrogens is 187 g/mol. The molecule has 0 saturated carbocycles. The van der Waals surface area contributed by atoms with E-state index in [1.165, 1.54) is 0 Å². The highest BCUT2D eigenvalue weighted by Gasteiger charge is 2.26. The van der Waals surface area contributed by atoms with Crippen LogP contribution in [0.3, 0.4) is 0 Å².